The van der Waals surface area contributed by atoms with E-state index in [0.29, 0.717) is 12.0 Å². The van der Waals surface area contributed by atoms with Crippen LogP contribution in [0.1, 0.15) is 57.8 Å². The molecule has 0 saturated heterocycles. The molecule has 0 aromatic rings. The lowest BCUT2D eigenvalue weighted by Crippen LogP contribution is -2.45. The van der Waals surface area contributed by atoms with Crippen LogP contribution in [0.15, 0.2) is 0 Å². The van der Waals surface area contributed by atoms with Gasteiger partial charge in [0.1, 0.15) is 0 Å². The molecule has 2 saturated carbocycles. The molecule has 0 bridgehead atoms. The van der Waals surface area contributed by atoms with E-state index in [2.05, 4.69) is 5.32 Å². The third-order valence-corrected chi connectivity index (χ3v) is 5.10. The molecule has 0 unspecified atom stereocenters. The van der Waals surface area contributed by atoms with Crippen LogP contribution < -0.4 is 5.32 Å². The van der Waals surface area contributed by atoms with E-state index in [9.17, 15) is 9.90 Å². The van der Waals surface area contributed by atoms with E-state index in [4.69, 9.17) is 0 Å². The summed E-state index contributed by atoms with van der Waals surface area (Å²) in [7, 11) is 1.99. The summed E-state index contributed by atoms with van der Waals surface area (Å²) >= 11 is 0. The van der Waals surface area contributed by atoms with E-state index in [-0.39, 0.29) is 0 Å². The van der Waals surface area contributed by atoms with Crippen molar-refractivity contribution in [1.82, 2.24) is 5.32 Å². The van der Waals surface area contributed by atoms with Crippen molar-refractivity contribution in [2.75, 3.05) is 7.05 Å². The monoisotopic (exact) mass is 239 g/mol. The van der Waals surface area contributed by atoms with Crippen LogP contribution in [-0.2, 0) is 4.79 Å². The summed E-state index contributed by atoms with van der Waals surface area (Å²) in [4.78, 5) is 11.8. The van der Waals surface area contributed by atoms with Gasteiger partial charge in [-0.15, -0.1) is 0 Å². The first kappa shape index (κ1) is 12.9. The number of rotatable bonds is 3. The zero-order chi connectivity index (χ0) is 12.3. The zero-order valence-corrected chi connectivity index (χ0v) is 10.9. The fraction of sp³-hybridized carbons (Fsp3) is 0.929. The molecule has 3 heteroatoms. The highest BCUT2D eigenvalue weighted by molar-refractivity contribution is 5.75. The van der Waals surface area contributed by atoms with Gasteiger partial charge in [0.15, 0.2) is 0 Å². The average Bonchev–Trinajstić information content (AvgIpc) is 2.39. The second-order valence-electron chi connectivity index (χ2n) is 5.86. The van der Waals surface area contributed by atoms with E-state index in [1.165, 1.54) is 19.3 Å². The van der Waals surface area contributed by atoms with Crippen molar-refractivity contribution in [1.29, 1.82) is 0 Å². The molecule has 0 aromatic heterocycles. The van der Waals surface area contributed by atoms with Crippen molar-refractivity contribution >= 4 is 5.97 Å². The van der Waals surface area contributed by atoms with Gasteiger partial charge in [0.2, 0.25) is 0 Å². The lowest BCUT2D eigenvalue weighted by atomic mass is 9.61. The minimum atomic E-state index is -0.529. The molecular weight excluding hydrogens is 214 g/mol. The fourth-order valence-corrected chi connectivity index (χ4v) is 3.87. The first-order valence-electron chi connectivity index (χ1n) is 7.10. The predicted octanol–water partition coefficient (Wildman–Crippen LogP) is 2.80. The molecule has 2 aliphatic rings. The molecule has 2 rings (SSSR count). The van der Waals surface area contributed by atoms with Crippen molar-refractivity contribution in [3.8, 4) is 0 Å². The quantitative estimate of drug-likeness (QED) is 0.796. The van der Waals surface area contributed by atoms with Crippen LogP contribution in [0.4, 0.5) is 0 Å². The first-order chi connectivity index (χ1) is 8.19. The van der Waals surface area contributed by atoms with Crippen molar-refractivity contribution < 1.29 is 9.90 Å². The molecule has 2 fully saturated rings. The number of carboxylic acids is 1. The number of carbonyl (C=O) groups is 1. The van der Waals surface area contributed by atoms with Gasteiger partial charge in [-0.1, -0.05) is 19.3 Å². The van der Waals surface area contributed by atoms with Gasteiger partial charge in [-0.2, -0.15) is 0 Å². The van der Waals surface area contributed by atoms with E-state index in [1.807, 2.05) is 7.05 Å². The Morgan fingerprint density at radius 1 is 1.12 bits per heavy atom. The number of nitrogens with one attached hydrogen (secondary N) is 1. The molecule has 0 amide bonds. The normalized spacial score (nSPS) is 35.7. The van der Waals surface area contributed by atoms with E-state index in [1.54, 1.807) is 0 Å². The maximum atomic E-state index is 11.8. The van der Waals surface area contributed by atoms with Crippen molar-refractivity contribution in [2.45, 2.75) is 63.8 Å². The molecule has 17 heavy (non-hydrogen) atoms. The lowest BCUT2D eigenvalue weighted by Gasteiger charge is -2.43. The maximum Gasteiger partial charge on any atom is 0.309 e. The highest BCUT2D eigenvalue weighted by Gasteiger charge is 2.47. The maximum absolute atomic E-state index is 11.8. The Kier molecular flexibility index (Phi) is 4.08. The summed E-state index contributed by atoms with van der Waals surface area (Å²) in [5.41, 5.74) is -0.395. The van der Waals surface area contributed by atoms with E-state index in [0.717, 1.165) is 38.5 Å². The molecular formula is C14H25NO2. The summed E-state index contributed by atoms with van der Waals surface area (Å²) in [5.74, 6) is -0.0921. The summed E-state index contributed by atoms with van der Waals surface area (Å²) in [6.45, 7) is 0. The summed E-state index contributed by atoms with van der Waals surface area (Å²) < 4.78 is 0. The second-order valence-corrected chi connectivity index (χ2v) is 5.86. The SMILES string of the molecule is CNC1CCC(C(=O)O)(C2CCCCC2)CC1. The van der Waals surface area contributed by atoms with Gasteiger partial charge in [-0.25, -0.2) is 0 Å². The van der Waals surface area contributed by atoms with Gasteiger partial charge in [0, 0.05) is 6.04 Å². The second kappa shape index (κ2) is 5.38. The van der Waals surface area contributed by atoms with Gasteiger partial charge in [-0.05, 0) is 51.5 Å². The lowest BCUT2D eigenvalue weighted by molar-refractivity contribution is -0.157. The highest BCUT2D eigenvalue weighted by atomic mass is 16.4. The molecule has 3 nitrogen and oxygen atoms in total. The van der Waals surface area contributed by atoms with Crippen LogP contribution in [0.25, 0.3) is 0 Å². The summed E-state index contributed by atoms with van der Waals surface area (Å²) in [5, 5.41) is 13.0. The highest BCUT2D eigenvalue weighted by Crippen LogP contribution is 2.48. The summed E-state index contributed by atoms with van der Waals surface area (Å²) in [6.07, 6.45) is 9.83. The standard InChI is InChI=1S/C14H25NO2/c1-15-12-7-9-14(10-8-12,13(16)17)11-5-3-2-4-6-11/h11-12,15H,2-10H2,1H3,(H,16,17). The molecule has 0 aliphatic heterocycles. The average molecular weight is 239 g/mol. The van der Waals surface area contributed by atoms with E-state index >= 15 is 0 Å². The Morgan fingerprint density at radius 2 is 1.71 bits per heavy atom. The number of aliphatic carboxylic acids is 1. The van der Waals surface area contributed by atoms with Crippen LogP contribution in [-0.4, -0.2) is 24.2 Å². The number of hydrogen-bond acceptors (Lipinski definition) is 2. The van der Waals surface area contributed by atoms with Gasteiger partial charge in [0.25, 0.3) is 0 Å². The third kappa shape index (κ3) is 2.49. The molecule has 0 radical (unpaired) electrons. The first-order valence-corrected chi connectivity index (χ1v) is 7.10. The van der Waals surface area contributed by atoms with Gasteiger partial charge < -0.3 is 10.4 Å². The topological polar surface area (TPSA) is 49.3 Å². The minimum absolute atomic E-state index is 0.395. The van der Waals surface area contributed by atoms with E-state index < -0.39 is 11.4 Å². The third-order valence-electron chi connectivity index (χ3n) is 5.10. The molecule has 0 spiro atoms. The minimum Gasteiger partial charge on any atom is -0.481 e. The molecule has 2 aliphatic carbocycles. The van der Waals surface area contributed by atoms with Gasteiger partial charge in [-0.3, -0.25) is 4.79 Å². The summed E-state index contributed by atoms with van der Waals surface area (Å²) in [6, 6.07) is 0.533. The van der Waals surface area contributed by atoms with Crippen molar-refractivity contribution in [3.05, 3.63) is 0 Å². The Balaban J connectivity index is 2.07. The molecule has 0 atom stereocenters. The molecule has 98 valence electrons. The Hall–Kier alpha value is -0.570. The van der Waals surface area contributed by atoms with Crippen molar-refractivity contribution in [3.63, 3.8) is 0 Å². The van der Waals surface area contributed by atoms with Crippen LogP contribution in [0.2, 0.25) is 0 Å². The fourth-order valence-electron chi connectivity index (χ4n) is 3.87. The Morgan fingerprint density at radius 3 is 2.18 bits per heavy atom. The van der Waals surface area contributed by atoms with Crippen LogP contribution in [0, 0.1) is 11.3 Å². The smallest absolute Gasteiger partial charge is 0.309 e. The van der Waals surface area contributed by atoms with Crippen molar-refractivity contribution in [2.24, 2.45) is 11.3 Å². The molecule has 2 N–H and O–H groups in total. The molecule has 0 heterocycles. The van der Waals surface area contributed by atoms with Gasteiger partial charge >= 0.3 is 5.97 Å². The van der Waals surface area contributed by atoms with Crippen LogP contribution >= 0.6 is 0 Å². The Bertz CT molecular complexity index is 263. The van der Waals surface area contributed by atoms with Gasteiger partial charge in [0.05, 0.1) is 5.41 Å². The largest absolute Gasteiger partial charge is 0.481 e. The number of carboxylic acid groups (broad SMARTS) is 1. The predicted molar refractivity (Wildman–Crippen MR) is 68.0 cm³/mol. The molecule has 0 aromatic carbocycles. The zero-order valence-electron chi connectivity index (χ0n) is 10.9. The van der Waals surface area contributed by atoms with Crippen LogP contribution in [0.5, 0.6) is 0 Å². The Labute approximate surface area is 104 Å². The number of hydrogen-bond donors (Lipinski definition) is 2. The van der Waals surface area contributed by atoms with Crippen LogP contribution in [0.3, 0.4) is 0 Å².